The second-order valence-corrected chi connectivity index (χ2v) is 9.19. The molecule has 0 spiro atoms. The van der Waals surface area contributed by atoms with Gasteiger partial charge < -0.3 is 15.3 Å². The Bertz CT molecular complexity index is 939. The van der Waals surface area contributed by atoms with Crippen LogP contribution in [0.2, 0.25) is 0 Å². The Kier molecular flexibility index (Phi) is 6.26. The van der Waals surface area contributed by atoms with E-state index in [2.05, 4.69) is 21.2 Å². The van der Waals surface area contributed by atoms with Gasteiger partial charge in [-0.25, -0.2) is 0 Å². The van der Waals surface area contributed by atoms with Crippen molar-refractivity contribution in [1.82, 2.24) is 4.90 Å². The lowest BCUT2D eigenvalue weighted by Crippen LogP contribution is -2.52. The monoisotopic (exact) mass is 424 g/mol. The van der Waals surface area contributed by atoms with E-state index in [1.54, 1.807) is 23.5 Å². The predicted octanol–water partition coefficient (Wildman–Crippen LogP) is 3.74. The molecule has 2 N–H and O–H groups in total. The summed E-state index contributed by atoms with van der Waals surface area (Å²) in [6.07, 6.45) is 5.45. The molecule has 2 aromatic rings. The zero-order valence-corrected chi connectivity index (χ0v) is 18.2. The molecule has 1 fully saturated rings. The third-order valence-corrected chi connectivity index (χ3v) is 7.43. The van der Waals surface area contributed by atoms with Gasteiger partial charge in [0.1, 0.15) is 16.8 Å². The van der Waals surface area contributed by atoms with Gasteiger partial charge in [0.2, 0.25) is 5.91 Å². The molecule has 1 aromatic carbocycles. The molecule has 1 aliphatic heterocycles. The first kappa shape index (κ1) is 20.7. The third-order valence-electron chi connectivity index (χ3n) is 6.23. The van der Waals surface area contributed by atoms with E-state index in [4.69, 9.17) is 0 Å². The summed E-state index contributed by atoms with van der Waals surface area (Å²) in [5, 5.41) is 22.9. The van der Waals surface area contributed by atoms with Gasteiger partial charge in [0.25, 0.3) is 0 Å². The zero-order chi connectivity index (χ0) is 21.1. The lowest BCUT2D eigenvalue weighted by atomic mass is 10.1. The van der Waals surface area contributed by atoms with Crippen molar-refractivity contribution in [2.75, 3.05) is 36.4 Å². The summed E-state index contributed by atoms with van der Waals surface area (Å²) in [6.45, 7) is 5.19. The molecule has 158 valence electrons. The van der Waals surface area contributed by atoms with Gasteiger partial charge in [0.15, 0.2) is 0 Å². The first-order chi connectivity index (χ1) is 14.6. The van der Waals surface area contributed by atoms with Gasteiger partial charge in [-0.05, 0) is 62.4 Å². The number of aryl methyl sites for hydroxylation is 1. The molecule has 7 heteroatoms. The summed E-state index contributed by atoms with van der Waals surface area (Å²) >= 11 is 1.59. The molecular weight excluding hydrogens is 396 g/mol. The van der Waals surface area contributed by atoms with Crippen LogP contribution in [0.25, 0.3) is 0 Å². The minimum Gasteiger partial charge on any atom is -0.508 e. The van der Waals surface area contributed by atoms with Gasteiger partial charge in [0, 0.05) is 36.7 Å². The molecule has 2 aliphatic rings. The van der Waals surface area contributed by atoms with Crippen LogP contribution in [0.15, 0.2) is 24.3 Å². The first-order valence-electron chi connectivity index (χ1n) is 10.7. The maximum absolute atomic E-state index is 13.0. The van der Waals surface area contributed by atoms with Crippen molar-refractivity contribution >= 4 is 27.9 Å². The van der Waals surface area contributed by atoms with Crippen LogP contribution in [0.3, 0.4) is 0 Å². The summed E-state index contributed by atoms with van der Waals surface area (Å²) in [5.41, 5.74) is 2.92. The Morgan fingerprint density at radius 2 is 1.83 bits per heavy atom. The number of carbonyl (C=O) groups is 1. The lowest BCUT2D eigenvalue weighted by molar-refractivity contribution is -0.120. The summed E-state index contributed by atoms with van der Waals surface area (Å²) in [7, 11) is 0. The summed E-state index contributed by atoms with van der Waals surface area (Å²) in [4.78, 5) is 18.7. The standard InChI is InChI=1S/C23H28N4O2S/c1-16(26-11-13-27(14-12-26)17-7-9-18(28)10-8-17)22(29)25-23-20(15-24)19-5-3-2-4-6-21(19)30-23/h7-10,16,28H,2-6,11-14H2,1H3,(H,25,29). The van der Waals surface area contributed by atoms with Gasteiger partial charge in [-0.2, -0.15) is 5.26 Å². The number of nitriles is 1. The van der Waals surface area contributed by atoms with Crippen molar-refractivity contribution in [2.24, 2.45) is 0 Å². The SMILES string of the molecule is CC(C(=O)Nc1sc2c(c1C#N)CCCCC2)N1CCN(c2ccc(O)cc2)CC1. The molecule has 1 atom stereocenters. The van der Waals surface area contributed by atoms with Crippen LogP contribution in [0.4, 0.5) is 10.7 Å². The van der Waals surface area contributed by atoms with Gasteiger partial charge in [-0.1, -0.05) is 6.42 Å². The number of aromatic hydroxyl groups is 1. The number of hydrogen-bond donors (Lipinski definition) is 2. The predicted molar refractivity (Wildman–Crippen MR) is 120 cm³/mol. The van der Waals surface area contributed by atoms with Crippen molar-refractivity contribution in [2.45, 2.75) is 45.1 Å². The second-order valence-electron chi connectivity index (χ2n) is 8.09. The molecule has 1 amide bonds. The quantitative estimate of drug-likeness (QED) is 0.731. The molecule has 4 rings (SSSR count). The lowest BCUT2D eigenvalue weighted by Gasteiger charge is -2.38. The van der Waals surface area contributed by atoms with Crippen LogP contribution < -0.4 is 10.2 Å². The van der Waals surface area contributed by atoms with Crippen molar-refractivity contribution in [3.63, 3.8) is 0 Å². The van der Waals surface area contributed by atoms with Gasteiger partial charge in [0.05, 0.1) is 11.6 Å². The van der Waals surface area contributed by atoms with E-state index in [1.807, 2.05) is 19.1 Å². The highest BCUT2D eigenvalue weighted by Crippen LogP contribution is 2.37. The molecule has 0 bridgehead atoms. The van der Waals surface area contributed by atoms with Crippen molar-refractivity contribution in [1.29, 1.82) is 5.26 Å². The number of nitrogens with zero attached hydrogens (tertiary/aromatic N) is 3. The Labute approximate surface area is 181 Å². The van der Waals surface area contributed by atoms with E-state index in [1.165, 1.54) is 11.3 Å². The number of anilines is 2. The van der Waals surface area contributed by atoms with E-state index in [-0.39, 0.29) is 17.7 Å². The number of fused-ring (bicyclic) bond motifs is 1. The van der Waals surface area contributed by atoms with Crippen LogP contribution >= 0.6 is 11.3 Å². The van der Waals surface area contributed by atoms with Crippen LogP contribution in [0.1, 0.15) is 42.2 Å². The normalized spacial score (nSPS) is 18.2. The average Bonchev–Trinajstić information content (AvgIpc) is 2.92. The summed E-state index contributed by atoms with van der Waals surface area (Å²) in [6, 6.07) is 9.34. The van der Waals surface area contributed by atoms with Crippen molar-refractivity contribution in [3.05, 3.63) is 40.3 Å². The van der Waals surface area contributed by atoms with Gasteiger partial charge in [-0.3, -0.25) is 9.69 Å². The van der Waals surface area contributed by atoms with E-state index in [9.17, 15) is 15.2 Å². The van der Waals surface area contributed by atoms with Crippen LogP contribution in [0, 0.1) is 11.3 Å². The van der Waals surface area contributed by atoms with Crippen LogP contribution in [-0.2, 0) is 17.6 Å². The number of nitrogens with one attached hydrogen (secondary N) is 1. The number of amides is 1. The van der Waals surface area contributed by atoms with Crippen LogP contribution in [-0.4, -0.2) is 48.1 Å². The summed E-state index contributed by atoms with van der Waals surface area (Å²) in [5.74, 6) is 0.228. The van der Waals surface area contributed by atoms with Crippen molar-refractivity contribution < 1.29 is 9.90 Å². The molecule has 2 heterocycles. The van der Waals surface area contributed by atoms with E-state index >= 15 is 0 Å². The first-order valence-corrected chi connectivity index (χ1v) is 11.5. The highest BCUT2D eigenvalue weighted by Gasteiger charge is 2.28. The average molecular weight is 425 g/mol. The van der Waals surface area contributed by atoms with Crippen LogP contribution in [0.5, 0.6) is 5.75 Å². The van der Waals surface area contributed by atoms with Gasteiger partial charge >= 0.3 is 0 Å². The van der Waals surface area contributed by atoms with Crippen molar-refractivity contribution in [3.8, 4) is 11.8 Å². The Morgan fingerprint density at radius 3 is 2.53 bits per heavy atom. The fraction of sp³-hybridized carbons (Fsp3) is 0.478. The fourth-order valence-electron chi connectivity index (χ4n) is 4.36. The number of phenolic OH excluding ortho intramolecular Hbond substituents is 1. The molecule has 1 aliphatic carbocycles. The number of hydrogen-bond acceptors (Lipinski definition) is 6. The third kappa shape index (κ3) is 4.30. The molecule has 0 radical (unpaired) electrons. The highest BCUT2D eigenvalue weighted by molar-refractivity contribution is 7.16. The highest BCUT2D eigenvalue weighted by atomic mass is 32.1. The Morgan fingerprint density at radius 1 is 1.13 bits per heavy atom. The molecule has 6 nitrogen and oxygen atoms in total. The Hall–Kier alpha value is -2.56. The van der Waals surface area contributed by atoms with E-state index in [0.29, 0.717) is 5.56 Å². The number of phenols is 1. The number of rotatable bonds is 4. The maximum atomic E-state index is 13.0. The largest absolute Gasteiger partial charge is 0.508 e. The Balaban J connectivity index is 1.38. The number of thiophene rings is 1. The molecular formula is C23H28N4O2S. The maximum Gasteiger partial charge on any atom is 0.242 e. The fourth-order valence-corrected chi connectivity index (χ4v) is 5.60. The molecule has 30 heavy (non-hydrogen) atoms. The molecule has 1 aromatic heterocycles. The second kappa shape index (κ2) is 9.07. The number of piperazine rings is 1. The summed E-state index contributed by atoms with van der Waals surface area (Å²) < 4.78 is 0. The number of benzene rings is 1. The number of carbonyl (C=O) groups excluding carboxylic acids is 1. The van der Waals surface area contributed by atoms with E-state index < -0.39 is 0 Å². The van der Waals surface area contributed by atoms with Gasteiger partial charge in [-0.15, -0.1) is 11.3 Å². The zero-order valence-electron chi connectivity index (χ0n) is 17.4. The minimum atomic E-state index is -0.250. The molecule has 1 unspecified atom stereocenters. The van der Waals surface area contributed by atoms with E-state index in [0.717, 1.165) is 68.1 Å². The molecule has 0 saturated carbocycles. The minimum absolute atomic E-state index is 0.0407. The molecule has 1 saturated heterocycles. The topological polar surface area (TPSA) is 79.6 Å². The smallest absolute Gasteiger partial charge is 0.242 e.